The molecule has 0 saturated carbocycles. The maximum absolute atomic E-state index is 5.87. The van der Waals surface area contributed by atoms with Crippen molar-refractivity contribution >= 4 is 85.1 Å². The molecule has 0 radical (unpaired) electrons. The van der Waals surface area contributed by atoms with Gasteiger partial charge in [0.05, 0.1) is 5.69 Å². The van der Waals surface area contributed by atoms with Crippen LogP contribution in [0.3, 0.4) is 0 Å². The maximum atomic E-state index is 5.87. The van der Waals surface area contributed by atoms with Crippen molar-refractivity contribution in [1.82, 2.24) is 4.98 Å². The van der Waals surface area contributed by atoms with E-state index < -0.39 is 0 Å². The summed E-state index contributed by atoms with van der Waals surface area (Å²) in [5.41, 5.74) is 19.1. The van der Waals surface area contributed by atoms with Crippen molar-refractivity contribution in [2.75, 3.05) is 14.7 Å². The molecule has 2 aliphatic rings. The van der Waals surface area contributed by atoms with Gasteiger partial charge in [0.15, 0.2) is 0 Å². The van der Waals surface area contributed by atoms with Gasteiger partial charge in [0.25, 0.3) is 6.71 Å². The van der Waals surface area contributed by atoms with Crippen LogP contribution >= 0.6 is 11.3 Å². The second kappa shape index (κ2) is 17.2. The number of para-hydroxylation sites is 2. The fraction of sp³-hybridized carbons (Fsp3) is 0.308. The molecule has 0 N–H and O–H groups in total. The molecule has 0 bridgehead atoms. The normalized spacial score (nSPS) is 13.8. The van der Waals surface area contributed by atoms with Crippen molar-refractivity contribution in [2.24, 2.45) is 0 Å². The molecule has 8 aromatic rings. The first-order valence-corrected chi connectivity index (χ1v) is 26.4. The Morgan fingerprint density at radius 2 is 0.873 bits per heavy atom. The van der Waals surface area contributed by atoms with Crippen molar-refractivity contribution in [3.8, 4) is 10.6 Å². The van der Waals surface area contributed by atoms with Gasteiger partial charge in [-0.25, -0.2) is 4.98 Å². The Morgan fingerprint density at radius 3 is 1.37 bits per heavy atom. The molecular formula is C65H71BN4S. The summed E-state index contributed by atoms with van der Waals surface area (Å²) in [5, 5.41) is 1.03. The summed E-state index contributed by atoms with van der Waals surface area (Å²) in [7, 11) is 0. The molecule has 3 heterocycles. The van der Waals surface area contributed by atoms with Gasteiger partial charge in [0.2, 0.25) is 0 Å². The summed E-state index contributed by atoms with van der Waals surface area (Å²) in [6.07, 6.45) is 0. The van der Waals surface area contributed by atoms with Crippen molar-refractivity contribution in [1.29, 1.82) is 0 Å². The number of benzene rings is 7. The highest BCUT2D eigenvalue weighted by Crippen LogP contribution is 2.50. The highest BCUT2D eigenvalue weighted by Gasteiger charge is 2.47. The highest BCUT2D eigenvalue weighted by atomic mass is 32.1. The Morgan fingerprint density at radius 1 is 0.408 bits per heavy atom. The van der Waals surface area contributed by atoms with Gasteiger partial charge >= 0.3 is 0 Å². The molecule has 4 nitrogen and oxygen atoms in total. The van der Waals surface area contributed by atoms with E-state index in [9.17, 15) is 0 Å². The van der Waals surface area contributed by atoms with Crippen LogP contribution in [-0.2, 0) is 27.1 Å². The summed E-state index contributed by atoms with van der Waals surface area (Å²) in [5.74, 6) is 0.998. The fourth-order valence-corrected chi connectivity index (χ4v) is 11.5. The molecule has 6 heteroatoms. The third-order valence-electron chi connectivity index (χ3n) is 14.6. The summed E-state index contributed by atoms with van der Waals surface area (Å²) in [6.45, 7) is 34.7. The van der Waals surface area contributed by atoms with Crippen molar-refractivity contribution in [2.45, 2.75) is 131 Å². The molecule has 0 aliphatic carbocycles. The second-order valence-electron chi connectivity index (χ2n) is 25.1. The lowest BCUT2D eigenvalue weighted by Gasteiger charge is -2.44. The first kappa shape index (κ1) is 48.3. The number of hydrogen-bond donors (Lipinski definition) is 0. The fourth-order valence-electron chi connectivity index (χ4n) is 10.3. The Kier molecular flexibility index (Phi) is 11.7. The van der Waals surface area contributed by atoms with Gasteiger partial charge in [-0.05, 0) is 133 Å². The third kappa shape index (κ3) is 8.92. The van der Waals surface area contributed by atoms with Crippen molar-refractivity contribution in [3.05, 3.63) is 186 Å². The van der Waals surface area contributed by atoms with E-state index in [2.05, 4.69) is 276 Å². The lowest BCUT2D eigenvalue weighted by molar-refractivity contribution is 0.568. The van der Waals surface area contributed by atoms with Gasteiger partial charge in [0.1, 0.15) is 10.8 Å². The quantitative estimate of drug-likeness (QED) is 0.155. The van der Waals surface area contributed by atoms with Crippen LogP contribution in [0.2, 0.25) is 0 Å². The minimum Gasteiger partial charge on any atom is -0.311 e. The Labute approximate surface area is 429 Å². The lowest BCUT2D eigenvalue weighted by atomic mass is 9.36. The van der Waals surface area contributed by atoms with Gasteiger partial charge < -0.3 is 9.80 Å². The number of nitrogens with zero attached hydrogens (tertiary/aromatic N) is 4. The van der Waals surface area contributed by atoms with Gasteiger partial charge in [-0.15, -0.1) is 11.3 Å². The molecule has 0 saturated heterocycles. The van der Waals surface area contributed by atoms with E-state index in [0.717, 1.165) is 50.5 Å². The number of fused-ring (bicyclic) bond motifs is 4. The molecule has 71 heavy (non-hydrogen) atoms. The van der Waals surface area contributed by atoms with E-state index in [0.29, 0.717) is 0 Å². The lowest BCUT2D eigenvalue weighted by Crippen LogP contribution is -2.60. The maximum Gasteiger partial charge on any atom is 0.266 e. The first-order chi connectivity index (χ1) is 33.4. The second-order valence-corrected chi connectivity index (χ2v) is 26.2. The van der Waals surface area contributed by atoms with Crippen LogP contribution in [0.1, 0.15) is 132 Å². The predicted octanol–water partition coefficient (Wildman–Crippen LogP) is 16.8. The summed E-state index contributed by atoms with van der Waals surface area (Å²) in [4.78, 5) is 13.4. The van der Waals surface area contributed by atoms with Crippen molar-refractivity contribution < 1.29 is 0 Å². The molecule has 0 fully saturated rings. The molecule has 1 aromatic heterocycles. The Balaban J connectivity index is 1.36. The molecule has 0 atom stereocenters. The van der Waals surface area contributed by atoms with Gasteiger partial charge in [-0.2, -0.15) is 0 Å². The Bertz CT molecular complexity index is 3190. The molecule has 360 valence electrons. The van der Waals surface area contributed by atoms with Crippen LogP contribution in [0, 0.1) is 0 Å². The van der Waals surface area contributed by atoms with Crippen molar-refractivity contribution in [3.63, 3.8) is 0 Å². The predicted molar refractivity (Wildman–Crippen MR) is 310 cm³/mol. The Hall–Kier alpha value is -6.37. The number of hydrogen-bond acceptors (Lipinski definition) is 5. The SMILES string of the molecule is CC(C)(C)c1ccc(-c2nc3c(s2)B2c4cc(C(C)(C)C)ccc4N(c4ccc(C(C)(C)C)cc4)c4cc(N(c5ccccc5)c5ccccc5)cc(c42)N3c2cc(C(C)(C)C)cc(C(C)(C)C)c2)cc1. The van der Waals surface area contributed by atoms with E-state index in [1.807, 2.05) is 11.3 Å². The minimum absolute atomic E-state index is 0.0112. The smallest absolute Gasteiger partial charge is 0.266 e. The molecule has 7 aromatic carbocycles. The number of anilines is 9. The van der Waals surface area contributed by atoms with E-state index in [4.69, 9.17) is 4.98 Å². The average molecular weight is 951 g/mol. The first-order valence-electron chi connectivity index (χ1n) is 25.6. The molecule has 2 aliphatic heterocycles. The van der Waals surface area contributed by atoms with Crippen LogP contribution in [-0.4, -0.2) is 11.7 Å². The number of rotatable bonds is 6. The monoisotopic (exact) mass is 951 g/mol. The third-order valence-corrected chi connectivity index (χ3v) is 15.8. The van der Waals surface area contributed by atoms with Gasteiger partial charge in [-0.3, -0.25) is 4.90 Å². The zero-order valence-electron chi connectivity index (χ0n) is 44.8. The summed E-state index contributed by atoms with van der Waals surface area (Å²) >= 11 is 1.86. The molecule has 0 amide bonds. The molecule has 0 spiro atoms. The molecular weight excluding hydrogens is 880 g/mol. The minimum atomic E-state index is -0.101. The summed E-state index contributed by atoms with van der Waals surface area (Å²) < 4.78 is 1.26. The van der Waals surface area contributed by atoms with Crippen LogP contribution in [0.15, 0.2) is 158 Å². The topological polar surface area (TPSA) is 22.6 Å². The number of thiazole rings is 1. The zero-order valence-corrected chi connectivity index (χ0v) is 45.6. The van der Waals surface area contributed by atoms with E-state index in [-0.39, 0.29) is 33.8 Å². The van der Waals surface area contributed by atoms with Crippen LogP contribution in [0.5, 0.6) is 0 Å². The largest absolute Gasteiger partial charge is 0.311 e. The zero-order chi connectivity index (χ0) is 50.6. The van der Waals surface area contributed by atoms with E-state index in [1.54, 1.807) is 0 Å². The van der Waals surface area contributed by atoms with Gasteiger partial charge in [0, 0.05) is 50.2 Å². The van der Waals surface area contributed by atoms with Crippen LogP contribution < -0.4 is 30.4 Å². The van der Waals surface area contributed by atoms with Crippen LogP contribution in [0.25, 0.3) is 10.6 Å². The molecule has 10 rings (SSSR count). The van der Waals surface area contributed by atoms with E-state index >= 15 is 0 Å². The van der Waals surface area contributed by atoms with Crippen LogP contribution in [0.4, 0.5) is 51.3 Å². The average Bonchev–Trinajstić information content (AvgIpc) is 3.75. The standard InChI is InChI=1S/C65H71BN4S/c1-61(2,3)43-28-26-42(27-29-43)60-67-59-58(71-60)66-53-39-45(63(7,8)9)32-35-54(53)69(50-33-30-44(31-34-50)62(4,5)6)55-40-52(68(48-22-18-16-19-23-48)49-24-20-17-21-25-49)41-56(57(55)66)70(59)51-37-46(64(10,11)12)36-47(38-51)65(13,14)15/h16-41H,1-15H3. The van der Waals surface area contributed by atoms with Gasteiger partial charge in [-0.1, -0.05) is 195 Å². The number of aromatic nitrogens is 1. The highest BCUT2D eigenvalue weighted by molar-refractivity contribution is 7.30. The van der Waals surface area contributed by atoms with E-state index in [1.165, 1.54) is 54.9 Å². The molecule has 0 unspecified atom stereocenters. The summed E-state index contributed by atoms with van der Waals surface area (Å²) in [6, 6.07) is 59.7.